The zero-order valence-corrected chi connectivity index (χ0v) is 17.1. The molecule has 150 valence electrons. The molecule has 1 saturated heterocycles. The van der Waals surface area contributed by atoms with E-state index in [2.05, 4.69) is 10.5 Å². The van der Waals surface area contributed by atoms with Gasteiger partial charge < -0.3 is 19.6 Å². The molecule has 8 heteroatoms. The Hall–Kier alpha value is -2.54. The smallest absolute Gasteiger partial charge is 0.317 e. The van der Waals surface area contributed by atoms with Crippen LogP contribution in [0.5, 0.6) is 0 Å². The van der Waals surface area contributed by atoms with Gasteiger partial charge in [0.05, 0.1) is 5.69 Å². The molecule has 1 aromatic carbocycles. The highest BCUT2D eigenvalue weighted by Gasteiger charge is 2.28. The first kappa shape index (κ1) is 20.2. The Labute approximate surface area is 169 Å². The average Bonchev–Trinajstić information content (AvgIpc) is 3.12. The molecule has 1 fully saturated rings. The number of nitrogens with one attached hydrogen (secondary N) is 1. The van der Waals surface area contributed by atoms with Crippen molar-refractivity contribution < 1.29 is 14.1 Å². The summed E-state index contributed by atoms with van der Waals surface area (Å²) in [6, 6.07) is 9.15. The number of carbonyl (C=O) groups excluding carboxylic acids is 2. The van der Waals surface area contributed by atoms with Crippen molar-refractivity contribution in [1.82, 2.24) is 20.3 Å². The molecule has 0 spiro atoms. The van der Waals surface area contributed by atoms with Gasteiger partial charge in [-0.1, -0.05) is 48.8 Å². The molecular weight excluding hydrogens is 380 g/mol. The van der Waals surface area contributed by atoms with Gasteiger partial charge in [-0.15, -0.1) is 0 Å². The Kier molecular flexibility index (Phi) is 5.93. The summed E-state index contributed by atoms with van der Waals surface area (Å²) < 4.78 is 5.04. The molecule has 0 saturated carbocycles. The molecule has 0 radical (unpaired) electrons. The molecule has 3 rings (SSSR count). The van der Waals surface area contributed by atoms with Crippen LogP contribution in [0.25, 0.3) is 0 Å². The van der Waals surface area contributed by atoms with Gasteiger partial charge in [-0.05, 0) is 18.6 Å². The number of nitrogens with zero attached hydrogens (tertiary/aromatic N) is 3. The number of rotatable bonds is 4. The van der Waals surface area contributed by atoms with Crippen molar-refractivity contribution in [2.75, 3.05) is 32.7 Å². The third-order valence-electron chi connectivity index (χ3n) is 4.98. The molecule has 2 aromatic rings. The second-order valence-electron chi connectivity index (χ2n) is 7.63. The van der Waals surface area contributed by atoms with Crippen LogP contribution < -0.4 is 5.32 Å². The van der Waals surface area contributed by atoms with Crippen LogP contribution in [0.4, 0.5) is 4.79 Å². The van der Waals surface area contributed by atoms with Crippen LogP contribution >= 0.6 is 11.6 Å². The summed E-state index contributed by atoms with van der Waals surface area (Å²) in [6.07, 6.45) is 0. The van der Waals surface area contributed by atoms with E-state index in [4.69, 9.17) is 16.1 Å². The van der Waals surface area contributed by atoms with E-state index in [0.29, 0.717) is 43.4 Å². The van der Waals surface area contributed by atoms with Crippen LogP contribution in [0.2, 0.25) is 5.02 Å². The van der Waals surface area contributed by atoms with Gasteiger partial charge in [0.1, 0.15) is 0 Å². The SMILES string of the molecule is Cc1cc(C(=O)N2CCN(C(=O)NCC(C)(C)c3ccccc3Cl)CC2)on1. The summed E-state index contributed by atoms with van der Waals surface area (Å²) >= 11 is 6.30. The van der Waals surface area contributed by atoms with E-state index in [-0.39, 0.29) is 23.1 Å². The third-order valence-corrected chi connectivity index (χ3v) is 5.31. The van der Waals surface area contributed by atoms with Gasteiger partial charge in [0.25, 0.3) is 5.91 Å². The average molecular weight is 405 g/mol. The topological polar surface area (TPSA) is 78.7 Å². The van der Waals surface area contributed by atoms with E-state index >= 15 is 0 Å². The van der Waals surface area contributed by atoms with Crippen molar-refractivity contribution in [3.63, 3.8) is 0 Å². The van der Waals surface area contributed by atoms with Crippen molar-refractivity contribution in [2.24, 2.45) is 0 Å². The highest BCUT2D eigenvalue weighted by Crippen LogP contribution is 2.29. The predicted molar refractivity (Wildman–Crippen MR) is 107 cm³/mol. The van der Waals surface area contributed by atoms with Gasteiger partial charge in [-0.3, -0.25) is 4.79 Å². The van der Waals surface area contributed by atoms with Crippen LogP contribution in [0.1, 0.15) is 35.7 Å². The molecule has 7 nitrogen and oxygen atoms in total. The second kappa shape index (κ2) is 8.22. The summed E-state index contributed by atoms with van der Waals surface area (Å²) in [6.45, 7) is 8.18. The van der Waals surface area contributed by atoms with Crippen molar-refractivity contribution in [3.05, 3.63) is 52.4 Å². The maximum absolute atomic E-state index is 12.6. The molecule has 3 amide bonds. The van der Waals surface area contributed by atoms with Crippen LogP contribution in [-0.4, -0.2) is 59.6 Å². The number of aryl methyl sites for hydroxylation is 1. The lowest BCUT2D eigenvalue weighted by atomic mass is 9.84. The van der Waals surface area contributed by atoms with Crippen LogP contribution in [0.15, 0.2) is 34.9 Å². The molecule has 28 heavy (non-hydrogen) atoms. The number of aromatic nitrogens is 1. The summed E-state index contributed by atoms with van der Waals surface area (Å²) in [5.41, 5.74) is 1.37. The number of benzene rings is 1. The maximum atomic E-state index is 12.6. The standard InChI is InChI=1S/C20H25ClN4O3/c1-14-12-17(28-23-14)18(26)24-8-10-25(11-9-24)19(27)22-13-20(2,3)15-6-4-5-7-16(15)21/h4-7,12H,8-11,13H2,1-3H3,(H,22,27). The first-order valence-corrected chi connectivity index (χ1v) is 9.66. The molecule has 0 aliphatic carbocycles. The van der Waals surface area contributed by atoms with E-state index in [1.165, 1.54) is 0 Å². The quantitative estimate of drug-likeness (QED) is 0.849. The number of carbonyl (C=O) groups is 2. The van der Waals surface area contributed by atoms with E-state index in [1.807, 2.05) is 38.1 Å². The predicted octanol–water partition coefficient (Wildman–Crippen LogP) is 3.08. The molecular formula is C20H25ClN4O3. The molecule has 1 aliphatic heterocycles. The third kappa shape index (κ3) is 4.47. The second-order valence-corrected chi connectivity index (χ2v) is 8.04. The first-order valence-electron chi connectivity index (χ1n) is 9.28. The Morgan fingerprint density at radius 2 is 1.82 bits per heavy atom. The fourth-order valence-corrected chi connectivity index (χ4v) is 3.64. The van der Waals surface area contributed by atoms with E-state index in [1.54, 1.807) is 22.8 Å². The van der Waals surface area contributed by atoms with Gasteiger partial charge in [-0.25, -0.2) is 4.79 Å². The Morgan fingerprint density at radius 3 is 2.43 bits per heavy atom. The molecule has 1 N–H and O–H groups in total. The minimum Gasteiger partial charge on any atom is -0.351 e. The number of amides is 3. The number of hydrogen-bond donors (Lipinski definition) is 1. The lowest BCUT2D eigenvalue weighted by Crippen LogP contribution is -2.54. The minimum atomic E-state index is -0.296. The first-order chi connectivity index (χ1) is 13.3. The fraction of sp³-hybridized carbons (Fsp3) is 0.450. The lowest BCUT2D eigenvalue weighted by Gasteiger charge is -2.35. The highest BCUT2D eigenvalue weighted by atomic mass is 35.5. The van der Waals surface area contributed by atoms with Gasteiger partial charge >= 0.3 is 6.03 Å². The van der Waals surface area contributed by atoms with Crippen molar-refractivity contribution in [3.8, 4) is 0 Å². The number of hydrogen-bond acceptors (Lipinski definition) is 4. The van der Waals surface area contributed by atoms with Crippen molar-refractivity contribution >= 4 is 23.5 Å². The van der Waals surface area contributed by atoms with Crippen molar-refractivity contribution in [1.29, 1.82) is 0 Å². The number of urea groups is 1. The zero-order chi connectivity index (χ0) is 20.3. The number of piperazine rings is 1. The van der Waals surface area contributed by atoms with Gasteiger partial charge in [-0.2, -0.15) is 0 Å². The van der Waals surface area contributed by atoms with E-state index < -0.39 is 0 Å². The van der Waals surface area contributed by atoms with Crippen LogP contribution in [-0.2, 0) is 5.41 Å². The minimum absolute atomic E-state index is 0.136. The highest BCUT2D eigenvalue weighted by molar-refractivity contribution is 6.31. The molecule has 2 heterocycles. The Morgan fingerprint density at radius 1 is 1.18 bits per heavy atom. The largest absolute Gasteiger partial charge is 0.351 e. The monoisotopic (exact) mass is 404 g/mol. The normalized spacial score (nSPS) is 14.9. The van der Waals surface area contributed by atoms with Gasteiger partial charge in [0, 0.05) is 49.2 Å². The summed E-state index contributed by atoms with van der Waals surface area (Å²) in [5.74, 6) is 0.0393. The maximum Gasteiger partial charge on any atom is 0.317 e. The summed E-state index contributed by atoms with van der Waals surface area (Å²) in [7, 11) is 0. The fourth-order valence-electron chi connectivity index (χ4n) is 3.25. The van der Waals surface area contributed by atoms with E-state index in [0.717, 1.165) is 5.56 Å². The summed E-state index contributed by atoms with van der Waals surface area (Å²) in [4.78, 5) is 28.4. The molecule has 0 atom stereocenters. The molecule has 1 aliphatic rings. The number of halogens is 1. The van der Waals surface area contributed by atoms with Gasteiger partial charge in [0.15, 0.2) is 0 Å². The van der Waals surface area contributed by atoms with E-state index in [9.17, 15) is 9.59 Å². The molecule has 0 unspecified atom stereocenters. The van der Waals surface area contributed by atoms with Crippen molar-refractivity contribution in [2.45, 2.75) is 26.2 Å². The Balaban J connectivity index is 1.51. The Bertz CT molecular complexity index is 857. The zero-order valence-electron chi connectivity index (χ0n) is 16.4. The molecule has 1 aromatic heterocycles. The lowest BCUT2D eigenvalue weighted by molar-refractivity contribution is 0.0624. The molecule has 0 bridgehead atoms. The van der Waals surface area contributed by atoms with Crippen LogP contribution in [0.3, 0.4) is 0 Å². The van der Waals surface area contributed by atoms with Gasteiger partial charge in [0.2, 0.25) is 5.76 Å². The van der Waals surface area contributed by atoms with Crippen LogP contribution in [0, 0.1) is 6.92 Å². The summed E-state index contributed by atoms with van der Waals surface area (Å²) in [5, 5.41) is 7.43.